The maximum absolute atomic E-state index is 12.6. The molecule has 0 bridgehead atoms. The third-order valence-electron chi connectivity index (χ3n) is 3.86. The molecule has 0 aromatic carbocycles. The van der Waals surface area contributed by atoms with Crippen molar-refractivity contribution in [2.45, 2.75) is 18.3 Å². The van der Waals surface area contributed by atoms with Crippen LogP contribution in [-0.2, 0) is 24.0 Å². The highest BCUT2D eigenvalue weighted by atomic mass is 32.2. The first-order valence-electron chi connectivity index (χ1n) is 7.90. The van der Waals surface area contributed by atoms with E-state index in [4.69, 9.17) is 10.8 Å². The van der Waals surface area contributed by atoms with Gasteiger partial charge in [0.05, 0.1) is 0 Å². The summed E-state index contributed by atoms with van der Waals surface area (Å²) in [7, 11) is 0. The fraction of sp³-hybridized carbons (Fsp3) is 0.357. The van der Waals surface area contributed by atoms with Crippen molar-refractivity contribution in [1.29, 1.82) is 0 Å². The third kappa shape index (κ3) is 4.00. The van der Waals surface area contributed by atoms with Gasteiger partial charge in [0, 0.05) is 17.3 Å². The van der Waals surface area contributed by atoms with Crippen LogP contribution >= 0.6 is 23.3 Å². The Bertz CT molecular complexity index is 958. The Kier molecular flexibility index (Phi) is 5.69. The number of amides is 2. The SMILES string of the molecule is CC1=C(C(=O)O)N2C(=O)C(NC(=O)/C(=N/OCC(=O)O)c3nsc(N)n3)C2SC1. The number of carboxylic acids is 2. The molecule has 2 unspecified atom stereocenters. The lowest BCUT2D eigenvalue weighted by molar-refractivity contribution is -0.150. The average Bonchev–Trinajstić information content (AvgIpc) is 3.08. The molecule has 1 aromatic heterocycles. The maximum atomic E-state index is 12.6. The van der Waals surface area contributed by atoms with Gasteiger partial charge in [-0.3, -0.25) is 14.5 Å². The van der Waals surface area contributed by atoms with Crippen LogP contribution in [0.4, 0.5) is 5.13 Å². The van der Waals surface area contributed by atoms with Crippen LogP contribution in [0.25, 0.3) is 0 Å². The van der Waals surface area contributed by atoms with Gasteiger partial charge in [-0.25, -0.2) is 9.59 Å². The highest BCUT2D eigenvalue weighted by Gasteiger charge is 2.54. The number of carbonyl (C=O) groups is 4. The van der Waals surface area contributed by atoms with E-state index in [9.17, 15) is 24.3 Å². The van der Waals surface area contributed by atoms with E-state index in [1.165, 1.54) is 11.8 Å². The number of nitrogens with zero attached hydrogens (tertiary/aromatic N) is 4. The number of oxime groups is 1. The topological polar surface area (TPSA) is 197 Å². The first-order chi connectivity index (χ1) is 13.7. The zero-order valence-corrected chi connectivity index (χ0v) is 16.3. The fourth-order valence-electron chi connectivity index (χ4n) is 2.65. The van der Waals surface area contributed by atoms with Crippen molar-refractivity contribution in [3.63, 3.8) is 0 Å². The second-order valence-corrected chi connectivity index (χ2v) is 7.75. The largest absolute Gasteiger partial charge is 0.479 e. The number of hydrogen-bond acceptors (Lipinski definition) is 11. The number of rotatable bonds is 7. The summed E-state index contributed by atoms with van der Waals surface area (Å²) >= 11 is 2.08. The smallest absolute Gasteiger partial charge is 0.352 e. The second kappa shape index (κ2) is 8.04. The Morgan fingerprint density at radius 1 is 1.41 bits per heavy atom. The van der Waals surface area contributed by atoms with Crippen LogP contribution in [0.5, 0.6) is 0 Å². The molecule has 1 aromatic rings. The molecule has 0 saturated carbocycles. The average molecular weight is 442 g/mol. The van der Waals surface area contributed by atoms with Crippen LogP contribution in [-0.4, -0.2) is 77.7 Å². The van der Waals surface area contributed by atoms with Gasteiger partial charge >= 0.3 is 11.9 Å². The van der Waals surface area contributed by atoms with E-state index in [0.29, 0.717) is 11.3 Å². The number of carboxylic acid groups (broad SMARTS) is 2. The van der Waals surface area contributed by atoms with Gasteiger partial charge in [0.1, 0.15) is 17.1 Å². The molecule has 29 heavy (non-hydrogen) atoms. The summed E-state index contributed by atoms with van der Waals surface area (Å²) in [6, 6.07) is -1.00. The molecule has 3 heterocycles. The maximum Gasteiger partial charge on any atom is 0.352 e. The normalized spacial score (nSPS) is 21.3. The zero-order valence-electron chi connectivity index (χ0n) is 14.7. The molecule has 0 radical (unpaired) electrons. The third-order valence-corrected chi connectivity index (χ3v) is 5.83. The van der Waals surface area contributed by atoms with Crippen LogP contribution in [0.2, 0.25) is 0 Å². The van der Waals surface area contributed by atoms with Gasteiger partial charge in [-0.05, 0) is 12.5 Å². The Morgan fingerprint density at radius 3 is 2.72 bits per heavy atom. The number of nitrogens with two attached hydrogens (primary N) is 1. The molecule has 5 N–H and O–H groups in total. The predicted octanol–water partition coefficient (Wildman–Crippen LogP) is -1.32. The van der Waals surface area contributed by atoms with E-state index in [1.807, 2.05) is 0 Å². The van der Waals surface area contributed by atoms with Crippen molar-refractivity contribution in [1.82, 2.24) is 19.6 Å². The molecule has 13 nitrogen and oxygen atoms in total. The van der Waals surface area contributed by atoms with Crippen LogP contribution < -0.4 is 11.1 Å². The minimum atomic E-state index is -1.31. The van der Waals surface area contributed by atoms with Crippen molar-refractivity contribution in [2.75, 3.05) is 18.1 Å². The standard InChI is InChI=1S/C14H14N6O7S2/c1-4-3-28-12-7(11(24)20(12)8(4)13(25)26)16-10(23)6(18-27-2-5(21)22)9-17-14(15)29-19-9/h7,12H,2-3H2,1H3,(H,16,23)(H,21,22)(H,25,26)(H2,15,17,19)/b18-6+. The summed E-state index contributed by atoms with van der Waals surface area (Å²) in [4.78, 5) is 56.6. The summed E-state index contributed by atoms with van der Waals surface area (Å²) in [6.45, 7) is 0.811. The Morgan fingerprint density at radius 2 is 2.14 bits per heavy atom. The Hall–Kier alpha value is -3.20. The van der Waals surface area contributed by atoms with Crippen molar-refractivity contribution >= 4 is 57.9 Å². The van der Waals surface area contributed by atoms with E-state index in [0.717, 1.165) is 16.4 Å². The number of carbonyl (C=O) groups excluding carboxylic acids is 2. The number of nitrogen functional groups attached to an aromatic ring is 1. The second-order valence-electron chi connectivity index (χ2n) is 5.86. The molecule has 2 aliphatic heterocycles. The Labute approximate surface area is 170 Å². The van der Waals surface area contributed by atoms with Gasteiger partial charge in [-0.15, -0.1) is 11.8 Å². The van der Waals surface area contributed by atoms with Crippen LogP contribution in [0.3, 0.4) is 0 Å². The van der Waals surface area contributed by atoms with Crippen molar-refractivity contribution < 1.29 is 34.2 Å². The number of β-lactam (4-membered cyclic amide) rings is 1. The lowest BCUT2D eigenvalue weighted by atomic mass is 10.0. The van der Waals surface area contributed by atoms with Crippen LogP contribution in [0.1, 0.15) is 12.7 Å². The quantitative estimate of drug-likeness (QED) is 0.222. The van der Waals surface area contributed by atoms with Gasteiger partial charge in [0.15, 0.2) is 5.13 Å². The van der Waals surface area contributed by atoms with Crippen molar-refractivity contribution in [3.8, 4) is 0 Å². The highest BCUT2D eigenvalue weighted by Crippen LogP contribution is 2.40. The molecule has 1 fully saturated rings. The van der Waals surface area contributed by atoms with Crippen molar-refractivity contribution in [2.24, 2.45) is 5.16 Å². The first-order valence-corrected chi connectivity index (χ1v) is 9.72. The minimum absolute atomic E-state index is 0.0409. The Balaban J connectivity index is 1.78. The molecule has 3 rings (SSSR count). The molecule has 1 saturated heterocycles. The summed E-state index contributed by atoms with van der Waals surface area (Å²) in [5.41, 5.74) is 5.48. The van der Waals surface area contributed by atoms with E-state index in [2.05, 4.69) is 24.7 Å². The number of thioether (sulfide) groups is 1. The minimum Gasteiger partial charge on any atom is -0.479 e. The van der Waals surface area contributed by atoms with E-state index in [1.54, 1.807) is 6.92 Å². The number of nitrogens with one attached hydrogen (secondary N) is 1. The van der Waals surface area contributed by atoms with E-state index in [-0.39, 0.29) is 16.7 Å². The molecule has 2 aliphatic rings. The van der Waals surface area contributed by atoms with Crippen LogP contribution in [0, 0.1) is 0 Å². The number of aliphatic carboxylic acids is 2. The lowest BCUT2D eigenvalue weighted by Gasteiger charge is -2.49. The predicted molar refractivity (Wildman–Crippen MR) is 99.8 cm³/mol. The van der Waals surface area contributed by atoms with Gasteiger partial charge in [0.2, 0.25) is 18.1 Å². The number of hydrogen-bond donors (Lipinski definition) is 4. The summed E-state index contributed by atoms with van der Waals surface area (Å²) in [5.74, 6) is -3.84. The van der Waals surface area contributed by atoms with Gasteiger partial charge in [-0.2, -0.15) is 9.36 Å². The van der Waals surface area contributed by atoms with E-state index < -0.39 is 47.5 Å². The molecule has 0 aliphatic carbocycles. The highest BCUT2D eigenvalue weighted by molar-refractivity contribution is 8.00. The van der Waals surface area contributed by atoms with Crippen molar-refractivity contribution in [3.05, 3.63) is 17.1 Å². The summed E-state index contributed by atoms with van der Waals surface area (Å²) in [5, 5.41) is 23.3. The molecule has 15 heteroatoms. The molecule has 154 valence electrons. The monoisotopic (exact) mass is 442 g/mol. The number of aromatic nitrogens is 2. The summed E-state index contributed by atoms with van der Waals surface area (Å²) < 4.78 is 3.83. The first kappa shape index (κ1) is 20.5. The fourth-order valence-corrected chi connectivity index (χ4v) is 4.38. The van der Waals surface area contributed by atoms with Gasteiger partial charge in [-0.1, -0.05) is 5.16 Å². The molecule has 2 atom stereocenters. The molecule has 0 spiro atoms. The zero-order chi connectivity index (χ0) is 21.3. The molecular weight excluding hydrogens is 428 g/mol. The summed E-state index contributed by atoms with van der Waals surface area (Å²) in [6.07, 6.45) is 0. The lowest BCUT2D eigenvalue weighted by Crippen LogP contribution is -2.71. The van der Waals surface area contributed by atoms with Gasteiger partial charge in [0.25, 0.3) is 11.8 Å². The number of fused-ring (bicyclic) bond motifs is 1. The number of anilines is 1. The van der Waals surface area contributed by atoms with Crippen LogP contribution in [0.15, 0.2) is 16.4 Å². The van der Waals surface area contributed by atoms with E-state index >= 15 is 0 Å². The molecular formula is C14H14N6O7S2. The molecule has 2 amide bonds. The van der Waals surface area contributed by atoms with Gasteiger partial charge < -0.3 is 26.1 Å².